The van der Waals surface area contributed by atoms with Crippen molar-refractivity contribution in [1.82, 2.24) is 10.2 Å². The number of carbonyl (C=O) groups excluding carboxylic acids is 1. The minimum atomic E-state index is -0.332. The van der Waals surface area contributed by atoms with Crippen LogP contribution >= 0.6 is 23.2 Å². The largest absolute Gasteiger partial charge is 0.403 e. The summed E-state index contributed by atoms with van der Waals surface area (Å²) in [5, 5.41) is 11.2. The summed E-state index contributed by atoms with van der Waals surface area (Å²) in [5.41, 5.74) is 1.99. The third-order valence-corrected chi connectivity index (χ3v) is 3.65. The van der Waals surface area contributed by atoms with Gasteiger partial charge in [0, 0.05) is 10.6 Å². The van der Waals surface area contributed by atoms with E-state index in [1.165, 1.54) is 0 Å². The van der Waals surface area contributed by atoms with Crippen LogP contribution in [0.2, 0.25) is 10.0 Å². The highest BCUT2D eigenvalue weighted by Crippen LogP contribution is 2.30. The molecule has 23 heavy (non-hydrogen) atoms. The number of carbonyl (C=O) groups is 1. The molecule has 2 aromatic carbocycles. The monoisotopic (exact) mass is 347 g/mol. The molecule has 0 spiro atoms. The predicted molar refractivity (Wildman–Crippen MR) is 88.9 cm³/mol. The van der Waals surface area contributed by atoms with Crippen LogP contribution < -0.4 is 5.32 Å². The first kappa shape index (κ1) is 15.5. The van der Waals surface area contributed by atoms with Gasteiger partial charge in [0.25, 0.3) is 11.8 Å². The Morgan fingerprint density at radius 2 is 1.96 bits per heavy atom. The van der Waals surface area contributed by atoms with Crippen LogP contribution in [0.15, 0.2) is 46.9 Å². The minimum Gasteiger partial charge on any atom is -0.403 e. The number of benzene rings is 2. The van der Waals surface area contributed by atoms with E-state index in [2.05, 4.69) is 15.5 Å². The number of hydrogen-bond acceptors (Lipinski definition) is 4. The van der Waals surface area contributed by atoms with Crippen molar-refractivity contribution in [1.29, 1.82) is 0 Å². The van der Waals surface area contributed by atoms with Crippen LogP contribution in [-0.2, 0) is 0 Å². The lowest BCUT2D eigenvalue weighted by molar-refractivity contribution is 0.102. The summed E-state index contributed by atoms with van der Waals surface area (Å²) >= 11 is 12.0. The Kier molecular flexibility index (Phi) is 4.32. The first-order valence-electron chi connectivity index (χ1n) is 6.70. The van der Waals surface area contributed by atoms with Crippen molar-refractivity contribution in [3.63, 3.8) is 0 Å². The number of halogens is 2. The van der Waals surface area contributed by atoms with E-state index in [0.29, 0.717) is 21.2 Å². The fraction of sp³-hybridized carbons (Fsp3) is 0.0625. The Hall–Kier alpha value is -2.37. The van der Waals surface area contributed by atoms with Gasteiger partial charge in [-0.3, -0.25) is 10.1 Å². The molecule has 0 unspecified atom stereocenters. The van der Waals surface area contributed by atoms with E-state index in [1.807, 2.05) is 13.0 Å². The zero-order chi connectivity index (χ0) is 16.4. The van der Waals surface area contributed by atoms with E-state index in [1.54, 1.807) is 36.4 Å². The quantitative estimate of drug-likeness (QED) is 0.751. The van der Waals surface area contributed by atoms with Crippen LogP contribution in [0.25, 0.3) is 11.5 Å². The van der Waals surface area contributed by atoms with Gasteiger partial charge in [-0.1, -0.05) is 46.0 Å². The molecular formula is C16H11Cl2N3O2. The van der Waals surface area contributed by atoms with Crippen LogP contribution in [0.1, 0.15) is 15.9 Å². The number of aryl methyl sites for hydroxylation is 1. The smallest absolute Gasteiger partial charge is 0.322 e. The van der Waals surface area contributed by atoms with Crippen molar-refractivity contribution in [2.75, 3.05) is 5.32 Å². The van der Waals surface area contributed by atoms with E-state index >= 15 is 0 Å². The summed E-state index contributed by atoms with van der Waals surface area (Å²) in [6.45, 7) is 1.91. The molecule has 5 nitrogen and oxygen atoms in total. The topological polar surface area (TPSA) is 68.0 Å². The average molecular weight is 348 g/mol. The summed E-state index contributed by atoms with van der Waals surface area (Å²) in [5.74, 6) is -0.155. The fourth-order valence-corrected chi connectivity index (χ4v) is 2.37. The number of anilines is 1. The lowest BCUT2D eigenvalue weighted by Gasteiger charge is -2.02. The molecule has 1 aromatic heterocycles. The normalized spacial score (nSPS) is 10.6. The fourth-order valence-electron chi connectivity index (χ4n) is 2.00. The number of nitrogens with one attached hydrogen (secondary N) is 1. The van der Waals surface area contributed by atoms with Crippen molar-refractivity contribution in [2.45, 2.75) is 6.92 Å². The Morgan fingerprint density at radius 3 is 2.74 bits per heavy atom. The molecule has 116 valence electrons. The molecule has 1 amide bonds. The molecule has 1 N–H and O–H groups in total. The van der Waals surface area contributed by atoms with Gasteiger partial charge < -0.3 is 4.42 Å². The zero-order valence-electron chi connectivity index (χ0n) is 12.0. The third kappa shape index (κ3) is 3.52. The molecule has 3 rings (SSSR count). The van der Waals surface area contributed by atoms with E-state index in [-0.39, 0.29) is 17.8 Å². The molecule has 0 fully saturated rings. The van der Waals surface area contributed by atoms with Crippen molar-refractivity contribution >= 4 is 35.1 Å². The van der Waals surface area contributed by atoms with Gasteiger partial charge in [0.1, 0.15) is 0 Å². The van der Waals surface area contributed by atoms with Gasteiger partial charge in [-0.25, -0.2) is 0 Å². The lowest BCUT2D eigenvalue weighted by atomic mass is 10.1. The average Bonchev–Trinajstić information content (AvgIpc) is 2.98. The van der Waals surface area contributed by atoms with Gasteiger partial charge in [0.15, 0.2) is 0 Å². The van der Waals surface area contributed by atoms with Gasteiger partial charge in [-0.15, -0.1) is 5.10 Å². The summed E-state index contributed by atoms with van der Waals surface area (Å²) < 4.78 is 5.43. The van der Waals surface area contributed by atoms with Gasteiger partial charge in [-0.2, -0.15) is 0 Å². The molecule has 0 aliphatic heterocycles. The van der Waals surface area contributed by atoms with Crippen molar-refractivity contribution in [2.24, 2.45) is 0 Å². The van der Waals surface area contributed by atoms with Crippen LogP contribution in [0.3, 0.4) is 0 Å². The predicted octanol–water partition coefficient (Wildman–Crippen LogP) is 4.60. The maximum absolute atomic E-state index is 12.1. The van der Waals surface area contributed by atoms with Crippen LogP contribution in [-0.4, -0.2) is 16.1 Å². The molecule has 0 bridgehead atoms. The zero-order valence-corrected chi connectivity index (χ0v) is 13.5. The van der Waals surface area contributed by atoms with Crippen LogP contribution in [0.4, 0.5) is 6.01 Å². The molecule has 0 saturated carbocycles. The second-order valence-corrected chi connectivity index (χ2v) is 5.70. The highest BCUT2D eigenvalue weighted by Gasteiger charge is 2.15. The van der Waals surface area contributed by atoms with E-state index in [4.69, 9.17) is 27.6 Å². The molecule has 0 atom stereocenters. The summed E-state index contributed by atoms with van der Waals surface area (Å²) in [6.07, 6.45) is 0. The van der Waals surface area contributed by atoms with E-state index in [0.717, 1.165) is 5.56 Å². The molecule has 7 heteroatoms. The summed E-state index contributed by atoms with van der Waals surface area (Å²) in [7, 11) is 0. The molecule has 0 aliphatic rings. The second-order valence-electron chi connectivity index (χ2n) is 4.86. The Bertz CT molecular complexity index is 877. The first-order valence-corrected chi connectivity index (χ1v) is 7.45. The van der Waals surface area contributed by atoms with Gasteiger partial charge >= 0.3 is 6.01 Å². The molecule has 3 aromatic rings. The highest BCUT2D eigenvalue weighted by atomic mass is 35.5. The summed E-state index contributed by atoms with van der Waals surface area (Å²) in [4.78, 5) is 12.1. The number of amides is 1. The molecule has 0 aliphatic carbocycles. The van der Waals surface area contributed by atoms with Gasteiger partial charge in [-0.05, 0) is 37.3 Å². The van der Waals surface area contributed by atoms with Crippen molar-refractivity contribution < 1.29 is 9.21 Å². The maximum Gasteiger partial charge on any atom is 0.322 e. The minimum absolute atomic E-state index is 0.0115. The Labute approximate surface area is 142 Å². The number of nitrogens with zero attached hydrogens (tertiary/aromatic N) is 2. The molecule has 1 heterocycles. The maximum atomic E-state index is 12.1. The van der Waals surface area contributed by atoms with Crippen LogP contribution in [0.5, 0.6) is 0 Å². The Morgan fingerprint density at radius 1 is 1.13 bits per heavy atom. The van der Waals surface area contributed by atoms with Gasteiger partial charge in [0.05, 0.1) is 10.6 Å². The number of aromatic nitrogens is 2. The van der Waals surface area contributed by atoms with Gasteiger partial charge in [0.2, 0.25) is 0 Å². The van der Waals surface area contributed by atoms with Crippen LogP contribution in [0, 0.1) is 6.92 Å². The Balaban J connectivity index is 1.82. The number of hydrogen-bond donors (Lipinski definition) is 1. The molecule has 0 saturated heterocycles. The number of rotatable bonds is 3. The standard InChI is InChI=1S/C16H11Cl2N3O2/c1-9-3-2-4-10(7-9)14(22)19-16-21-20-15(23-16)12-8-11(17)5-6-13(12)18/h2-8H,1H3,(H,19,21,22). The lowest BCUT2D eigenvalue weighted by Crippen LogP contribution is -2.12. The third-order valence-electron chi connectivity index (χ3n) is 3.08. The highest BCUT2D eigenvalue weighted by molar-refractivity contribution is 6.35. The second kappa shape index (κ2) is 6.40. The van der Waals surface area contributed by atoms with Crippen molar-refractivity contribution in [3.8, 4) is 11.5 Å². The molecular weight excluding hydrogens is 337 g/mol. The van der Waals surface area contributed by atoms with Crippen molar-refractivity contribution in [3.05, 3.63) is 63.6 Å². The first-order chi connectivity index (χ1) is 11.0. The van der Waals surface area contributed by atoms with E-state index in [9.17, 15) is 4.79 Å². The SMILES string of the molecule is Cc1cccc(C(=O)Nc2nnc(-c3cc(Cl)ccc3Cl)o2)c1. The van der Waals surface area contributed by atoms with E-state index < -0.39 is 0 Å². The molecule has 0 radical (unpaired) electrons. The summed E-state index contributed by atoms with van der Waals surface area (Å²) in [6, 6.07) is 12.1.